The van der Waals surface area contributed by atoms with Gasteiger partial charge in [0.15, 0.2) is 0 Å². The number of nitrogens with zero attached hydrogens (tertiary/aromatic N) is 2. The van der Waals surface area contributed by atoms with Gasteiger partial charge in [0.2, 0.25) is 0 Å². The molecule has 7 heteroatoms. The van der Waals surface area contributed by atoms with Crippen molar-refractivity contribution in [2.24, 2.45) is 0 Å². The van der Waals surface area contributed by atoms with Crippen LogP contribution in [0.1, 0.15) is 11.1 Å². The van der Waals surface area contributed by atoms with Crippen LogP contribution in [0.3, 0.4) is 0 Å². The molecule has 0 saturated heterocycles. The third kappa shape index (κ3) is 4.91. The maximum absolute atomic E-state index is 12.1. The zero-order chi connectivity index (χ0) is 18.2. The lowest BCUT2D eigenvalue weighted by atomic mass is 10.1. The highest BCUT2D eigenvalue weighted by Gasteiger charge is 2.10. The van der Waals surface area contributed by atoms with Crippen LogP contribution in [0.2, 0.25) is 0 Å². The van der Waals surface area contributed by atoms with Crippen molar-refractivity contribution in [2.75, 3.05) is 7.11 Å². The molecule has 1 amide bonds. The summed E-state index contributed by atoms with van der Waals surface area (Å²) in [4.78, 5) is 22.2. The number of benzene rings is 2. The first kappa shape index (κ1) is 17.7. The van der Waals surface area contributed by atoms with Crippen LogP contribution in [0.25, 0.3) is 6.08 Å². The number of hydrogen-bond acceptors (Lipinski definition) is 5. The standard InChI is InChI=1S/C18H15N3O4/c1-25-17-8-4-14(5-9-17)12-20-18(22)15(11-19)10-13-2-6-16(7-3-13)21(23)24/h2-10H,12H2,1H3,(H,20,22)/b15-10-. The van der Waals surface area contributed by atoms with E-state index in [1.165, 1.54) is 30.3 Å². The van der Waals surface area contributed by atoms with Crippen LogP contribution in [-0.4, -0.2) is 17.9 Å². The number of nitro benzene ring substituents is 1. The van der Waals surface area contributed by atoms with E-state index in [1.54, 1.807) is 19.2 Å². The second-order valence-corrected chi connectivity index (χ2v) is 5.05. The zero-order valence-electron chi connectivity index (χ0n) is 13.4. The summed E-state index contributed by atoms with van der Waals surface area (Å²) < 4.78 is 5.06. The van der Waals surface area contributed by atoms with E-state index in [0.717, 1.165) is 5.56 Å². The topological polar surface area (TPSA) is 105 Å². The highest BCUT2D eigenvalue weighted by molar-refractivity contribution is 6.01. The lowest BCUT2D eigenvalue weighted by molar-refractivity contribution is -0.384. The van der Waals surface area contributed by atoms with Crippen molar-refractivity contribution < 1.29 is 14.5 Å². The highest BCUT2D eigenvalue weighted by atomic mass is 16.6. The van der Waals surface area contributed by atoms with Gasteiger partial charge in [-0.1, -0.05) is 12.1 Å². The molecule has 0 unspecified atom stereocenters. The van der Waals surface area contributed by atoms with Gasteiger partial charge >= 0.3 is 0 Å². The second kappa shape index (κ2) is 8.26. The minimum Gasteiger partial charge on any atom is -0.497 e. The van der Waals surface area contributed by atoms with E-state index in [0.29, 0.717) is 11.3 Å². The molecule has 126 valence electrons. The average Bonchev–Trinajstić information content (AvgIpc) is 2.64. The maximum atomic E-state index is 12.1. The first-order valence-corrected chi connectivity index (χ1v) is 7.31. The van der Waals surface area contributed by atoms with Crippen LogP contribution < -0.4 is 10.1 Å². The van der Waals surface area contributed by atoms with E-state index in [1.807, 2.05) is 18.2 Å². The Balaban J connectivity index is 2.04. The number of nitro groups is 1. The number of nitriles is 1. The van der Waals surface area contributed by atoms with Crippen LogP contribution >= 0.6 is 0 Å². The summed E-state index contributed by atoms with van der Waals surface area (Å²) in [5.74, 6) is 0.197. The predicted molar refractivity (Wildman–Crippen MR) is 91.5 cm³/mol. The summed E-state index contributed by atoms with van der Waals surface area (Å²) in [6.07, 6.45) is 1.38. The van der Waals surface area contributed by atoms with Crippen molar-refractivity contribution in [3.8, 4) is 11.8 Å². The molecule has 0 fully saturated rings. The first-order chi connectivity index (χ1) is 12.0. The molecule has 2 rings (SSSR count). The number of carbonyl (C=O) groups is 1. The van der Waals surface area contributed by atoms with Gasteiger partial charge in [0.05, 0.1) is 12.0 Å². The van der Waals surface area contributed by atoms with Gasteiger partial charge in [0, 0.05) is 18.7 Å². The van der Waals surface area contributed by atoms with E-state index < -0.39 is 10.8 Å². The molecule has 0 spiro atoms. The van der Waals surface area contributed by atoms with Crippen LogP contribution in [0.4, 0.5) is 5.69 Å². The number of hydrogen-bond donors (Lipinski definition) is 1. The summed E-state index contributed by atoms with van der Waals surface area (Å²) in [6, 6.07) is 14.6. The highest BCUT2D eigenvalue weighted by Crippen LogP contribution is 2.15. The molecule has 0 aromatic heterocycles. The Labute approximate surface area is 144 Å². The summed E-state index contributed by atoms with van der Waals surface area (Å²) in [7, 11) is 1.57. The van der Waals surface area contributed by atoms with Crippen molar-refractivity contribution in [1.29, 1.82) is 5.26 Å². The van der Waals surface area contributed by atoms with Gasteiger partial charge in [-0.25, -0.2) is 0 Å². The smallest absolute Gasteiger partial charge is 0.269 e. The molecule has 1 N–H and O–H groups in total. The second-order valence-electron chi connectivity index (χ2n) is 5.05. The fourth-order valence-electron chi connectivity index (χ4n) is 2.03. The molecule has 2 aromatic rings. The Bertz CT molecular complexity index is 834. The maximum Gasteiger partial charge on any atom is 0.269 e. The molecule has 0 saturated carbocycles. The third-order valence-electron chi connectivity index (χ3n) is 3.39. The minimum atomic E-state index is -0.517. The molecule has 0 aliphatic rings. The van der Waals surface area contributed by atoms with E-state index in [-0.39, 0.29) is 17.8 Å². The van der Waals surface area contributed by atoms with Gasteiger partial charge in [-0.3, -0.25) is 14.9 Å². The molecule has 0 aliphatic carbocycles. The van der Waals surface area contributed by atoms with Crippen LogP contribution in [0, 0.1) is 21.4 Å². The monoisotopic (exact) mass is 337 g/mol. The van der Waals surface area contributed by atoms with Crippen LogP contribution in [0.15, 0.2) is 54.1 Å². The molecule has 0 heterocycles. The Morgan fingerprint density at radius 2 is 1.88 bits per heavy atom. The molecule has 0 aliphatic heterocycles. The molecule has 2 aromatic carbocycles. The van der Waals surface area contributed by atoms with Gasteiger partial charge < -0.3 is 10.1 Å². The van der Waals surface area contributed by atoms with Crippen molar-refractivity contribution in [1.82, 2.24) is 5.32 Å². The number of methoxy groups -OCH3 is 1. The van der Waals surface area contributed by atoms with E-state index in [2.05, 4.69) is 5.32 Å². The van der Waals surface area contributed by atoms with Crippen molar-refractivity contribution in [3.63, 3.8) is 0 Å². The molecule has 0 bridgehead atoms. The molecular formula is C18H15N3O4. The molecule has 25 heavy (non-hydrogen) atoms. The summed E-state index contributed by atoms with van der Waals surface area (Å²) in [5.41, 5.74) is 1.26. The predicted octanol–water partition coefficient (Wildman–Crippen LogP) is 2.83. The largest absolute Gasteiger partial charge is 0.497 e. The van der Waals surface area contributed by atoms with Gasteiger partial charge in [0.25, 0.3) is 11.6 Å². The summed E-state index contributed by atoms with van der Waals surface area (Å²) in [6.45, 7) is 0.266. The van der Waals surface area contributed by atoms with Crippen molar-refractivity contribution in [2.45, 2.75) is 6.54 Å². The first-order valence-electron chi connectivity index (χ1n) is 7.31. The van der Waals surface area contributed by atoms with Crippen LogP contribution in [-0.2, 0) is 11.3 Å². The lowest BCUT2D eigenvalue weighted by Gasteiger charge is -2.06. The molecule has 0 radical (unpaired) electrons. The number of non-ortho nitro benzene ring substituents is 1. The van der Waals surface area contributed by atoms with E-state index in [9.17, 15) is 14.9 Å². The van der Waals surface area contributed by atoms with Gasteiger partial charge in [0.1, 0.15) is 17.4 Å². The molecule has 7 nitrogen and oxygen atoms in total. The molecular weight excluding hydrogens is 322 g/mol. The van der Waals surface area contributed by atoms with E-state index in [4.69, 9.17) is 10.00 Å². The Hall–Kier alpha value is -3.66. The normalized spacial score (nSPS) is 10.6. The third-order valence-corrected chi connectivity index (χ3v) is 3.39. The van der Waals surface area contributed by atoms with Gasteiger partial charge in [-0.2, -0.15) is 5.26 Å². The number of carbonyl (C=O) groups excluding carboxylic acids is 1. The Morgan fingerprint density at radius 1 is 1.24 bits per heavy atom. The van der Waals surface area contributed by atoms with Gasteiger partial charge in [-0.15, -0.1) is 0 Å². The Kier molecular flexibility index (Phi) is 5.85. The van der Waals surface area contributed by atoms with Crippen molar-refractivity contribution >= 4 is 17.7 Å². The summed E-state index contributed by atoms with van der Waals surface area (Å²) in [5, 5.41) is 22.4. The fourth-order valence-corrected chi connectivity index (χ4v) is 2.03. The fraction of sp³-hybridized carbons (Fsp3) is 0.111. The number of rotatable bonds is 6. The quantitative estimate of drug-likeness (QED) is 0.378. The number of ether oxygens (including phenoxy) is 1. The zero-order valence-corrected chi connectivity index (χ0v) is 13.4. The van der Waals surface area contributed by atoms with E-state index >= 15 is 0 Å². The van der Waals surface area contributed by atoms with Crippen molar-refractivity contribution in [3.05, 3.63) is 75.3 Å². The number of nitrogens with one attached hydrogen (secondary N) is 1. The van der Waals surface area contributed by atoms with Gasteiger partial charge in [-0.05, 0) is 41.5 Å². The summed E-state index contributed by atoms with van der Waals surface area (Å²) >= 11 is 0. The SMILES string of the molecule is COc1ccc(CNC(=O)/C(C#N)=C\c2ccc([N+](=O)[O-])cc2)cc1. The number of amides is 1. The average molecular weight is 337 g/mol. The Morgan fingerprint density at radius 3 is 2.40 bits per heavy atom. The van der Waals surface area contributed by atoms with Crippen LogP contribution in [0.5, 0.6) is 5.75 Å². The minimum absolute atomic E-state index is 0.0559. The lowest BCUT2D eigenvalue weighted by Crippen LogP contribution is -2.23. The molecule has 0 atom stereocenters.